The second-order valence-electron chi connectivity index (χ2n) is 5.96. The Balaban J connectivity index is 2.17. The predicted octanol–water partition coefficient (Wildman–Crippen LogP) is 2.88. The minimum Gasteiger partial charge on any atom is -0.338 e. The highest BCUT2D eigenvalue weighted by Crippen LogP contribution is 2.29. The van der Waals surface area contributed by atoms with Crippen LogP contribution in [-0.4, -0.2) is 32.3 Å². The van der Waals surface area contributed by atoms with Gasteiger partial charge < -0.3 is 4.90 Å². The molecule has 1 aliphatic rings. The summed E-state index contributed by atoms with van der Waals surface area (Å²) in [6, 6.07) is 5.76. The van der Waals surface area contributed by atoms with Crippen LogP contribution in [0.3, 0.4) is 0 Å². The zero-order valence-corrected chi connectivity index (χ0v) is 13.2. The fourth-order valence-electron chi connectivity index (χ4n) is 2.54. The van der Waals surface area contributed by atoms with Gasteiger partial charge in [0.2, 0.25) is 0 Å². The molecule has 110 valence electrons. The van der Waals surface area contributed by atoms with Crippen LogP contribution in [0, 0.1) is 5.41 Å². The highest BCUT2D eigenvalue weighted by Gasteiger charge is 2.29. The summed E-state index contributed by atoms with van der Waals surface area (Å²) in [6.45, 7) is 5.77. The second kappa shape index (κ2) is 5.37. The van der Waals surface area contributed by atoms with Gasteiger partial charge in [-0.1, -0.05) is 13.8 Å². The van der Waals surface area contributed by atoms with Crippen molar-refractivity contribution < 1.29 is 13.2 Å². The van der Waals surface area contributed by atoms with Gasteiger partial charge in [0.25, 0.3) is 15.0 Å². The average molecular weight is 316 g/mol. The quantitative estimate of drug-likeness (QED) is 0.789. The average Bonchev–Trinajstić information content (AvgIpc) is 2.36. The molecule has 0 atom stereocenters. The Morgan fingerprint density at radius 1 is 1.25 bits per heavy atom. The van der Waals surface area contributed by atoms with Gasteiger partial charge in [-0.05, 0) is 42.5 Å². The number of rotatable bonds is 2. The van der Waals surface area contributed by atoms with E-state index >= 15 is 0 Å². The molecule has 1 aliphatic heterocycles. The summed E-state index contributed by atoms with van der Waals surface area (Å²) in [5, 5.41) is 0. The van der Waals surface area contributed by atoms with E-state index in [-0.39, 0.29) is 16.2 Å². The molecular weight excluding hydrogens is 298 g/mol. The third kappa shape index (κ3) is 3.52. The minimum absolute atomic E-state index is 0.00897. The van der Waals surface area contributed by atoms with Crippen LogP contribution in [0.25, 0.3) is 0 Å². The van der Waals surface area contributed by atoms with E-state index in [1.54, 1.807) is 0 Å². The Kier molecular flexibility index (Phi) is 4.12. The first-order valence-electron chi connectivity index (χ1n) is 6.53. The predicted molar refractivity (Wildman–Crippen MR) is 78.4 cm³/mol. The smallest absolute Gasteiger partial charge is 0.261 e. The molecule has 6 heteroatoms. The molecular formula is C14H18ClNO3S. The highest BCUT2D eigenvalue weighted by molar-refractivity contribution is 8.13. The van der Waals surface area contributed by atoms with Gasteiger partial charge in [-0.25, -0.2) is 8.42 Å². The number of hydrogen-bond donors (Lipinski definition) is 0. The molecule has 1 fully saturated rings. The van der Waals surface area contributed by atoms with Crippen molar-refractivity contribution in [2.24, 2.45) is 5.41 Å². The van der Waals surface area contributed by atoms with E-state index in [4.69, 9.17) is 10.7 Å². The summed E-state index contributed by atoms with van der Waals surface area (Å²) in [5.41, 5.74) is 0.625. The molecule has 0 unspecified atom stereocenters. The Morgan fingerprint density at radius 2 is 1.85 bits per heavy atom. The van der Waals surface area contributed by atoms with Gasteiger partial charge in [0.05, 0.1) is 4.90 Å². The Bertz CT molecular complexity index is 608. The first-order chi connectivity index (χ1) is 9.19. The number of carbonyl (C=O) groups excluding carboxylic acids is 1. The van der Waals surface area contributed by atoms with Crippen molar-refractivity contribution >= 4 is 25.6 Å². The molecule has 2 rings (SSSR count). The zero-order chi connectivity index (χ0) is 15.0. The van der Waals surface area contributed by atoms with Gasteiger partial charge in [-0.2, -0.15) is 0 Å². The van der Waals surface area contributed by atoms with Crippen LogP contribution in [0.5, 0.6) is 0 Å². The number of nitrogens with zero attached hydrogens (tertiary/aromatic N) is 1. The topological polar surface area (TPSA) is 54.5 Å². The molecule has 1 saturated heterocycles. The monoisotopic (exact) mass is 315 g/mol. The Morgan fingerprint density at radius 3 is 2.35 bits per heavy atom. The molecule has 0 N–H and O–H groups in total. The van der Waals surface area contributed by atoms with Crippen molar-refractivity contribution in [2.75, 3.05) is 13.1 Å². The SMILES string of the molecule is CC1(C)CCCN(C(=O)c2ccc(S(=O)(=O)Cl)cc2)C1. The molecule has 0 spiro atoms. The number of benzene rings is 1. The van der Waals surface area contributed by atoms with E-state index in [1.807, 2.05) is 4.90 Å². The van der Waals surface area contributed by atoms with Crippen molar-refractivity contribution in [1.29, 1.82) is 0 Å². The number of hydrogen-bond acceptors (Lipinski definition) is 3. The fourth-order valence-corrected chi connectivity index (χ4v) is 3.31. The molecule has 0 saturated carbocycles. The lowest BCUT2D eigenvalue weighted by atomic mass is 9.84. The van der Waals surface area contributed by atoms with Crippen LogP contribution < -0.4 is 0 Å². The molecule has 0 radical (unpaired) electrons. The molecule has 4 nitrogen and oxygen atoms in total. The Labute approximate surface area is 124 Å². The van der Waals surface area contributed by atoms with Crippen LogP contribution in [0.4, 0.5) is 0 Å². The van der Waals surface area contributed by atoms with Crippen LogP contribution in [0.2, 0.25) is 0 Å². The van der Waals surface area contributed by atoms with Gasteiger partial charge in [0, 0.05) is 29.3 Å². The maximum absolute atomic E-state index is 12.4. The summed E-state index contributed by atoms with van der Waals surface area (Å²) in [5.74, 6) is -0.0590. The van der Waals surface area contributed by atoms with Crippen molar-refractivity contribution in [3.05, 3.63) is 29.8 Å². The largest absolute Gasteiger partial charge is 0.338 e. The molecule has 1 heterocycles. The van der Waals surface area contributed by atoms with Crippen LogP contribution in [0.1, 0.15) is 37.0 Å². The van der Waals surface area contributed by atoms with E-state index in [0.717, 1.165) is 25.9 Å². The summed E-state index contributed by atoms with van der Waals surface area (Å²) in [7, 11) is 1.51. The molecule has 0 aliphatic carbocycles. The highest BCUT2D eigenvalue weighted by atomic mass is 35.7. The van der Waals surface area contributed by atoms with Gasteiger partial charge in [0.15, 0.2) is 0 Å². The van der Waals surface area contributed by atoms with Crippen LogP contribution >= 0.6 is 10.7 Å². The maximum atomic E-state index is 12.4. The summed E-state index contributed by atoms with van der Waals surface area (Å²) < 4.78 is 22.3. The van der Waals surface area contributed by atoms with E-state index in [0.29, 0.717) is 5.56 Å². The molecule has 0 aromatic heterocycles. The number of halogens is 1. The second-order valence-corrected chi connectivity index (χ2v) is 8.52. The van der Waals surface area contributed by atoms with Gasteiger partial charge in [0.1, 0.15) is 0 Å². The van der Waals surface area contributed by atoms with Crippen molar-refractivity contribution in [3.8, 4) is 0 Å². The molecule has 0 bridgehead atoms. The first kappa shape index (κ1) is 15.3. The van der Waals surface area contributed by atoms with Gasteiger partial charge in [-0.15, -0.1) is 0 Å². The summed E-state index contributed by atoms with van der Waals surface area (Å²) >= 11 is 0. The Hall–Kier alpha value is -1.07. The van der Waals surface area contributed by atoms with Crippen molar-refractivity contribution in [1.82, 2.24) is 4.90 Å². The van der Waals surface area contributed by atoms with Crippen molar-refractivity contribution in [3.63, 3.8) is 0 Å². The first-order valence-corrected chi connectivity index (χ1v) is 8.84. The number of amides is 1. The van der Waals surface area contributed by atoms with E-state index in [9.17, 15) is 13.2 Å². The third-order valence-electron chi connectivity index (χ3n) is 3.57. The normalized spacial score (nSPS) is 18.9. The molecule has 20 heavy (non-hydrogen) atoms. The standard InChI is InChI=1S/C14H18ClNO3S/c1-14(2)8-3-9-16(10-14)13(17)11-4-6-12(7-5-11)20(15,18)19/h4-7H,3,8-10H2,1-2H3. The summed E-state index contributed by atoms with van der Waals surface area (Å²) in [6.07, 6.45) is 2.10. The maximum Gasteiger partial charge on any atom is 0.261 e. The van der Waals surface area contributed by atoms with E-state index < -0.39 is 9.05 Å². The number of piperidine rings is 1. The number of likely N-dealkylation sites (tertiary alicyclic amines) is 1. The van der Waals surface area contributed by atoms with Crippen LogP contribution in [0.15, 0.2) is 29.2 Å². The van der Waals surface area contributed by atoms with Gasteiger partial charge >= 0.3 is 0 Å². The van der Waals surface area contributed by atoms with Crippen molar-refractivity contribution in [2.45, 2.75) is 31.6 Å². The third-order valence-corrected chi connectivity index (χ3v) is 4.94. The minimum atomic E-state index is -3.74. The molecule has 1 aromatic carbocycles. The van der Waals surface area contributed by atoms with Crippen LogP contribution in [-0.2, 0) is 9.05 Å². The molecule has 1 amide bonds. The van der Waals surface area contributed by atoms with Gasteiger partial charge in [-0.3, -0.25) is 4.79 Å². The number of carbonyl (C=O) groups is 1. The molecule has 1 aromatic rings. The summed E-state index contributed by atoms with van der Waals surface area (Å²) in [4.78, 5) is 14.2. The van der Waals surface area contributed by atoms with E-state index in [2.05, 4.69) is 13.8 Å². The van der Waals surface area contributed by atoms with E-state index in [1.165, 1.54) is 24.3 Å². The zero-order valence-electron chi connectivity index (χ0n) is 11.6. The lowest BCUT2D eigenvalue weighted by Gasteiger charge is -2.38. The lowest BCUT2D eigenvalue weighted by molar-refractivity contribution is 0.0583. The fraction of sp³-hybridized carbons (Fsp3) is 0.500. The lowest BCUT2D eigenvalue weighted by Crippen LogP contribution is -2.43.